The highest BCUT2D eigenvalue weighted by Gasteiger charge is 2.80. The van der Waals surface area contributed by atoms with Crippen molar-refractivity contribution >= 4 is 17.7 Å². The molecule has 0 aromatic heterocycles. The van der Waals surface area contributed by atoms with E-state index in [0.29, 0.717) is 31.3 Å². The monoisotopic (exact) mass is 528 g/mol. The molecule has 11 atom stereocenters. The van der Waals surface area contributed by atoms with E-state index in [0.717, 1.165) is 18.4 Å². The summed E-state index contributed by atoms with van der Waals surface area (Å²) < 4.78 is 17.7. The number of epoxide rings is 1. The Labute approximate surface area is 223 Å². The number of hydrogen-bond acceptors (Lipinski definition) is 8. The Kier molecular flexibility index (Phi) is 5.68. The van der Waals surface area contributed by atoms with Gasteiger partial charge in [0.05, 0.1) is 18.1 Å². The summed E-state index contributed by atoms with van der Waals surface area (Å²) in [5.74, 6) is -0.739. The second-order valence-corrected chi connectivity index (χ2v) is 13.3. The normalized spacial score (nSPS) is 48.8. The van der Waals surface area contributed by atoms with Gasteiger partial charge in [0.2, 0.25) is 0 Å². The van der Waals surface area contributed by atoms with Crippen LogP contribution in [0.3, 0.4) is 0 Å². The van der Waals surface area contributed by atoms with E-state index in [-0.39, 0.29) is 48.1 Å². The maximum Gasteiger partial charge on any atom is 0.334 e. The third-order valence-corrected chi connectivity index (χ3v) is 11.9. The maximum absolute atomic E-state index is 13.4. The molecule has 2 heterocycles. The summed E-state index contributed by atoms with van der Waals surface area (Å²) in [5.41, 5.74) is -1.99. The van der Waals surface area contributed by atoms with Gasteiger partial charge in [-0.15, -0.1) is 0 Å². The van der Waals surface area contributed by atoms with Crippen LogP contribution < -0.4 is 0 Å². The van der Waals surface area contributed by atoms with E-state index in [9.17, 15) is 24.6 Å². The lowest BCUT2D eigenvalue weighted by Gasteiger charge is -2.59. The molecule has 1 spiro atoms. The Bertz CT molecular complexity index is 1150. The molecule has 1 saturated heterocycles. The molecule has 0 unspecified atom stereocenters. The van der Waals surface area contributed by atoms with Crippen LogP contribution in [0.5, 0.6) is 0 Å². The fourth-order valence-electron chi connectivity index (χ4n) is 9.80. The lowest BCUT2D eigenvalue weighted by Crippen LogP contribution is -2.65. The Morgan fingerprint density at radius 2 is 1.95 bits per heavy atom. The molecule has 208 valence electrons. The van der Waals surface area contributed by atoms with Gasteiger partial charge >= 0.3 is 11.9 Å². The molecule has 3 saturated carbocycles. The summed E-state index contributed by atoms with van der Waals surface area (Å²) in [5, 5.41) is 23.1. The van der Waals surface area contributed by atoms with Crippen molar-refractivity contribution in [3.05, 3.63) is 23.3 Å². The highest BCUT2D eigenvalue weighted by atomic mass is 16.6. The standard InChI is InChI=1S/C30H40O8/c1-15-12-24(37-26(34)16(15)2)28(5,35)21-7-6-20-18-13-25-30(38-25)23(33)9-8-22(32)27(30,4)19(18)10-11-29(20,21)14-36-17(3)31/h8-9,18-21,23-25,33,35H,6-7,10-14H2,1-5H3/t18-,19+,20-,21+,23+,24-,25-,27+,28-,29-,30-/m1/s1. The van der Waals surface area contributed by atoms with Crippen LogP contribution in [0.25, 0.3) is 0 Å². The summed E-state index contributed by atoms with van der Waals surface area (Å²) in [7, 11) is 0. The van der Waals surface area contributed by atoms with E-state index >= 15 is 0 Å². The van der Waals surface area contributed by atoms with Gasteiger partial charge < -0.3 is 24.4 Å². The summed E-state index contributed by atoms with van der Waals surface area (Å²) in [6, 6.07) is 0. The van der Waals surface area contributed by atoms with Crippen LogP contribution in [0.2, 0.25) is 0 Å². The van der Waals surface area contributed by atoms with Crippen LogP contribution in [0.15, 0.2) is 23.3 Å². The first kappa shape index (κ1) is 26.2. The number of esters is 2. The van der Waals surface area contributed by atoms with Gasteiger partial charge in [0.1, 0.15) is 23.4 Å². The van der Waals surface area contributed by atoms with Crippen LogP contribution in [0.1, 0.15) is 73.1 Å². The fraction of sp³-hybridized carbons (Fsp3) is 0.767. The Morgan fingerprint density at radius 3 is 2.63 bits per heavy atom. The number of rotatable bonds is 4. The molecule has 38 heavy (non-hydrogen) atoms. The minimum Gasteiger partial charge on any atom is -0.465 e. The number of fused-ring (bicyclic) bond motifs is 4. The minimum atomic E-state index is -1.32. The lowest BCUT2D eigenvalue weighted by molar-refractivity contribution is -0.196. The number of aliphatic hydroxyl groups is 2. The van der Waals surface area contributed by atoms with Crippen molar-refractivity contribution in [3.8, 4) is 0 Å². The smallest absolute Gasteiger partial charge is 0.334 e. The SMILES string of the molecule is CC(=O)OC[C@]12CC[C@H]3[C@@H](C[C@H]4O[C@]45[C@@H](O)C=CC(=O)[C@]35C)[C@H]1CC[C@H]2[C@@](C)(O)[C@H]1CC(C)=C(C)C(=O)O1. The second-order valence-electron chi connectivity index (χ2n) is 13.3. The summed E-state index contributed by atoms with van der Waals surface area (Å²) in [6.45, 7) is 9.00. The average molecular weight is 529 g/mol. The molecule has 6 aliphatic rings. The zero-order valence-electron chi connectivity index (χ0n) is 23.0. The summed E-state index contributed by atoms with van der Waals surface area (Å²) in [6.07, 6.45) is 5.53. The first-order chi connectivity index (χ1) is 17.8. The van der Waals surface area contributed by atoms with Gasteiger partial charge in [-0.3, -0.25) is 9.59 Å². The van der Waals surface area contributed by atoms with Crippen LogP contribution in [-0.2, 0) is 28.6 Å². The van der Waals surface area contributed by atoms with E-state index in [1.54, 1.807) is 19.9 Å². The number of ketones is 1. The fourth-order valence-corrected chi connectivity index (χ4v) is 9.80. The van der Waals surface area contributed by atoms with E-state index in [4.69, 9.17) is 14.2 Å². The Hall–Kier alpha value is -2.03. The highest BCUT2D eigenvalue weighted by molar-refractivity contribution is 5.98. The zero-order chi connectivity index (χ0) is 27.4. The van der Waals surface area contributed by atoms with Crippen LogP contribution >= 0.6 is 0 Å². The van der Waals surface area contributed by atoms with Crippen molar-refractivity contribution in [3.63, 3.8) is 0 Å². The molecule has 0 radical (unpaired) electrons. The highest BCUT2D eigenvalue weighted by Crippen LogP contribution is 2.73. The van der Waals surface area contributed by atoms with E-state index in [2.05, 4.69) is 0 Å². The van der Waals surface area contributed by atoms with Crippen LogP contribution in [-0.4, -0.2) is 64.1 Å². The second kappa shape index (κ2) is 8.24. The van der Waals surface area contributed by atoms with Crippen molar-refractivity contribution in [1.82, 2.24) is 0 Å². The van der Waals surface area contributed by atoms with E-state index < -0.39 is 40.2 Å². The molecular weight excluding hydrogens is 488 g/mol. The van der Waals surface area contributed by atoms with Crippen LogP contribution in [0, 0.1) is 34.5 Å². The third-order valence-electron chi connectivity index (χ3n) is 11.9. The molecule has 2 N–H and O–H groups in total. The van der Waals surface area contributed by atoms with E-state index in [1.807, 2.05) is 13.8 Å². The number of carbonyl (C=O) groups excluding carboxylic acids is 3. The molecular formula is C30H40O8. The summed E-state index contributed by atoms with van der Waals surface area (Å²) >= 11 is 0. The number of allylic oxidation sites excluding steroid dienone is 1. The number of ether oxygens (including phenoxy) is 3. The number of aliphatic hydroxyl groups excluding tert-OH is 1. The molecule has 4 aliphatic carbocycles. The van der Waals surface area contributed by atoms with Gasteiger partial charge in [0, 0.05) is 30.3 Å². The topological polar surface area (TPSA) is 123 Å². The number of hydrogen-bond donors (Lipinski definition) is 2. The van der Waals surface area contributed by atoms with Gasteiger partial charge in [-0.25, -0.2) is 4.79 Å². The van der Waals surface area contributed by atoms with Crippen molar-refractivity contribution in [2.75, 3.05) is 6.61 Å². The quantitative estimate of drug-likeness (QED) is 0.422. The van der Waals surface area contributed by atoms with Crippen molar-refractivity contribution in [1.29, 1.82) is 0 Å². The molecule has 6 rings (SSSR count). The zero-order valence-corrected chi connectivity index (χ0v) is 23.0. The molecule has 0 aromatic rings. The van der Waals surface area contributed by atoms with Crippen molar-refractivity contribution < 1.29 is 38.8 Å². The molecule has 8 nitrogen and oxygen atoms in total. The van der Waals surface area contributed by atoms with Gasteiger partial charge in [0.25, 0.3) is 0 Å². The molecule has 4 fully saturated rings. The first-order valence-corrected chi connectivity index (χ1v) is 14.1. The maximum atomic E-state index is 13.4. The average Bonchev–Trinajstić information content (AvgIpc) is 3.47. The Balaban J connectivity index is 1.37. The van der Waals surface area contributed by atoms with Gasteiger partial charge in [-0.05, 0) is 89.7 Å². The van der Waals surface area contributed by atoms with E-state index in [1.165, 1.54) is 13.0 Å². The predicted molar refractivity (Wildman–Crippen MR) is 135 cm³/mol. The van der Waals surface area contributed by atoms with Crippen molar-refractivity contribution in [2.24, 2.45) is 34.5 Å². The molecule has 8 heteroatoms. The number of cyclic esters (lactones) is 1. The molecule has 0 amide bonds. The molecule has 2 aliphatic heterocycles. The van der Waals surface area contributed by atoms with Gasteiger partial charge in [0.15, 0.2) is 5.78 Å². The Morgan fingerprint density at radius 1 is 1.21 bits per heavy atom. The van der Waals surface area contributed by atoms with Gasteiger partial charge in [-0.2, -0.15) is 0 Å². The third kappa shape index (κ3) is 3.17. The largest absolute Gasteiger partial charge is 0.465 e. The summed E-state index contributed by atoms with van der Waals surface area (Å²) in [4.78, 5) is 38.1. The predicted octanol–water partition coefficient (Wildman–Crippen LogP) is 3.04. The molecule has 0 bridgehead atoms. The number of carbonyl (C=O) groups is 3. The van der Waals surface area contributed by atoms with Gasteiger partial charge in [-0.1, -0.05) is 5.57 Å². The molecule has 0 aromatic carbocycles. The van der Waals surface area contributed by atoms with Crippen LogP contribution in [0.4, 0.5) is 0 Å². The lowest BCUT2D eigenvalue weighted by atomic mass is 9.44. The first-order valence-electron chi connectivity index (χ1n) is 14.1. The van der Waals surface area contributed by atoms with Crippen molar-refractivity contribution in [2.45, 2.75) is 103 Å². The minimum absolute atomic E-state index is 0.0146.